The SMILES string of the molecule is CC(=O)N1CCc2c(c(C(N)=O)nn2-c2cccc(C#CC3(O)CCN(C)C3=O)c2)C1. The van der Waals surface area contributed by atoms with E-state index >= 15 is 0 Å². The first kappa shape index (κ1) is 20.6. The minimum absolute atomic E-state index is 0.0730. The fourth-order valence-corrected chi connectivity index (χ4v) is 3.96. The highest BCUT2D eigenvalue weighted by Crippen LogP contribution is 2.26. The van der Waals surface area contributed by atoms with E-state index in [0.29, 0.717) is 36.3 Å². The molecule has 1 aromatic heterocycles. The molecule has 9 nitrogen and oxygen atoms in total. The second-order valence-corrected chi connectivity index (χ2v) is 7.88. The van der Waals surface area contributed by atoms with Gasteiger partial charge in [0.1, 0.15) is 0 Å². The molecule has 0 saturated carbocycles. The Hall–Kier alpha value is -3.64. The number of benzene rings is 1. The van der Waals surface area contributed by atoms with Gasteiger partial charge in [-0.15, -0.1) is 0 Å². The Morgan fingerprint density at radius 1 is 1.29 bits per heavy atom. The van der Waals surface area contributed by atoms with Gasteiger partial charge in [-0.25, -0.2) is 4.68 Å². The van der Waals surface area contributed by atoms with Crippen molar-refractivity contribution >= 4 is 17.7 Å². The van der Waals surface area contributed by atoms with Crippen LogP contribution in [0.2, 0.25) is 0 Å². The second-order valence-electron chi connectivity index (χ2n) is 7.88. The Morgan fingerprint density at radius 2 is 2.06 bits per heavy atom. The smallest absolute Gasteiger partial charge is 0.269 e. The summed E-state index contributed by atoms with van der Waals surface area (Å²) in [6.07, 6.45) is 0.794. The van der Waals surface area contributed by atoms with Crippen molar-refractivity contribution in [2.24, 2.45) is 5.73 Å². The van der Waals surface area contributed by atoms with Gasteiger partial charge in [0.15, 0.2) is 5.69 Å². The zero-order valence-corrected chi connectivity index (χ0v) is 17.4. The molecule has 3 heterocycles. The standard InChI is InChI=1S/C22H23N5O4/c1-14(28)26-10-7-18-17(13-26)19(20(23)29)24-27(18)16-5-3-4-15(12-16)6-8-22(31)9-11-25(2)21(22)30/h3-5,12,31H,7,9-11,13H2,1-2H3,(H2,23,29). The van der Waals surface area contributed by atoms with E-state index in [1.165, 1.54) is 11.8 Å². The maximum absolute atomic E-state index is 12.1. The average molecular weight is 421 g/mol. The zero-order chi connectivity index (χ0) is 22.3. The lowest BCUT2D eigenvalue weighted by Crippen LogP contribution is -2.37. The summed E-state index contributed by atoms with van der Waals surface area (Å²) in [7, 11) is 1.63. The van der Waals surface area contributed by atoms with Crippen molar-refractivity contribution in [3.05, 3.63) is 46.8 Å². The molecule has 160 valence electrons. The van der Waals surface area contributed by atoms with Crippen LogP contribution in [0.1, 0.15) is 40.7 Å². The minimum atomic E-state index is -1.68. The van der Waals surface area contributed by atoms with Crippen LogP contribution < -0.4 is 5.73 Å². The van der Waals surface area contributed by atoms with E-state index in [2.05, 4.69) is 16.9 Å². The molecule has 4 rings (SSSR count). The molecule has 0 aliphatic carbocycles. The summed E-state index contributed by atoms with van der Waals surface area (Å²) < 4.78 is 1.65. The van der Waals surface area contributed by atoms with Crippen molar-refractivity contribution in [3.8, 4) is 17.5 Å². The molecular weight excluding hydrogens is 398 g/mol. The van der Waals surface area contributed by atoms with Crippen LogP contribution in [0.25, 0.3) is 5.69 Å². The molecular formula is C22H23N5O4. The highest BCUT2D eigenvalue weighted by Gasteiger charge is 2.42. The van der Waals surface area contributed by atoms with Crippen molar-refractivity contribution in [2.75, 3.05) is 20.1 Å². The Kier molecular flexibility index (Phi) is 5.03. The Morgan fingerprint density at radius 3 is 2.71 bits per heavy atom. The highest BCUT2D eigenvalue weighted by molar-refractivity contribution is 5.93. The number of carbonyl (C=O) groups is 3. The predicted molar refractivity (Wildman–Crippen MR) is 111 cm³/mol. The van der Waals surface area contributed by atoms with Crippen LogP contribution in [0.15, 0.2) is 24.3 Å². The summed E-state index contributed by atoms with van der Waals surface area (Å²) in [6, 6.07) is 7.15. The van der Waals surface area contributed by atoms with Gasteiger partial charge in [-0.1, -0.05) is 17.9 Å². The van der Waals surface area contributed by atoms with Gasteiger partial charge in [-0.2, -0.15) is 5.10 Å². The van der Waals surface area contributed by atoms with Crippen LogP contribution in [0.5, 0.6) is 0 Å². The number of primary amides is 1. The molecule has 31 heavy (non-hydrogen) atoms. The summed E-state index contributed by atoms with van der Waals surface area (Å²) in [5.74, 6) is 4.46. The Labute approximate surface area is 179 Å². The monoisotopic (exact) mass is 421 g/mol. The zero-order valence-electron chi connectivity index (χ0n) is 17.4. The summed E-state index contributed by atoms with van der Waals surface area (Å²) in [6.45, 7) is 2.75. The maximum atomic E-state index is 12.1. The summed E-state index contributed by atoms with van der Waals surface area (Å²) in [5.41, 5.74) is 6.75. The largest absolute Gasteiger partial charge is 0.369 e. The number of rotatable bonds is 2. The minimum Gasteiger partial charge on any atom is -0.369 e. The van der Waals surface area contributed by atoms with Gasteiger partial charge in [0.2, 0.25) is 11.5 Å². The van der Waals surface area contributed by atoms with E-state index in [1.54, 1.807) is 34.8 Å². The first-order valence-electron chi connectivity index (χ1n) is 9.97. The molecule has 1 unspecified atom stereocenters. The molecule has 3 amide bonds. The molecule has 0 radical (unpaired) electrons. The molecule has 1 fully saturated rings. The van der Waals surface area contributed by atoms with Crippen LogP contribution in [0.3, 0.4) is 0 Å². The lowest BCUT2D eigenvalue weighted by Gasteiger charge is -2.26. The number of likely N-dealkylation sites (N-methyl/N-ethyl adjacent to an activating group) is 1. The number of hydrogen-bond acceptors (Lipinski definition) is 5. The number of amides is 3. The maximum Gasteiger partial charge on any atom is 0.269 e. The number of hydrogen-bond donors (Lipinski definition) is 2. The van der Waals surface area contributed by atoms with Crippen LogP contribution in [0.4, 0.5) is 0 Å². The van der Waals surface area contributed by atoms with E-state index < -0.39 is 17.4 Å². The van der Waals surface area contributed by atoms with Crippen molar-refractivity contribution in [1.29, 1.82) is 0 Å². The molecule has 1 aromatic carbocycles. The topological polar surface area (TPSA) is 122 Å². The third-order valence-electron chi connectivity index (χ3n) is 5.75. The molecule has 2 aliphatic heterocycles. The lowest BCUT2D eigenvalue weighted by atomic mass is 10.0. The number of fused-ring (bicyclic) bond motifs is 1. The van der Waals surface area contributed by atoms with Crippen molar-refractivity contribution in [3.63, 3.8) is 0 Å². The van der Waals surface area contributed by atoms with Crippen LogP contribution in [-0.4, -0.2) is 68.1 Å². The van der Waals surface area contributed by atoms with Gasteiger partial charge in [0, 0.05) is 57.6 Å². The molecule has 2 aliphatic rings. The van der Waals surface area contributed by atoms with Gasteiger partial charge >= 0.3 is 0 Å². The first-order chi connectivity index (χ1) is 14.7. The van der Waals surface area contributed by atoms with E-state index in [1.807, 2.05) is 6.07 Å². The highest BCUT2D eigenvalue weighted by atomic mass is 16.3. The number of nitrogens with two attached hydrogens (primary N) is 1. The molecule has 3 N–H and O–H groups in total. The van der Waals surface area contributed by atoms with E-state index in [9.17, 15) is 19.5 Å². The number of aliphatic hydroxyl groups is 1. The molecule has 0 spiro atoms. The van der Waals surface area contributed by atoms with Crippen LogP contribution in [-0.2, 0) is 22.6 Å². The lowest BCUT2D eigenvalue weighted by molar-refractivity contribution is -0.137. The molecule has 1 atom stereocenters. The fourth-order valence-electron chi connectivity index (χ4n) is 3.96. The second kappa shape index (κ2) is 7.56. The van der Waals surface area contributed by atoms with Gasteiger partial charge < -0.3 is 20.6 Å². The van der Waals surface area contributed by atoms with E-state index in [-0.39, 0.29) is 24.6 Å². The van der Waals surface area contributed by atoms with Crippen LogP contribution in [0, 0.1) is 11.8 Å². The first-order valence-corrected chi connectivity index (χ1v) is 9.97. The number of carbonyl (C=O) groups excluding carboxylic acids is 3. The Balaban J connectivity index is 1.71. The normalized spacial score (nSPS) is 20.3. The summed E-state index contributed by atoms with van der Waals surface area (Å²) in [4.78, 5) is 39.0. The third kappa shape index (κ3) is 3.66. The average Bonchev–Trinajstić information content (AvgIpc) is 3.26. The van der Waals surface area contributed by atoms with Crippen molar-refractivity contribution < 1.29 is 19.5 Å². The quantitative estimate of drug-likeness (QED) is 0.652. The van der Waals surface area contributed by atoms with Crippen LogP contribution >= 0.6 is 0 Å². The van der Waals surface area contributed by atoms with Gasteiger partial charge in [0.25, 0.3) is 11.8 Å². The number of aromatic nitrogens is 2. The number of likely N-dealkylation sites (tertiary alicyclic amines) is 1. The molecule has 9 heteroatoms. The molecule has 0 bridgehead atoms. The van der Waals surface area contributed by atoms with Gasteiger partial charge in [-0.3, -0.25) is 14.4 Å². The van der Waals surface area contributed by atoms with Crippen molar-refractivity contribution in [1.82, 2.24) is 19.6 Å². The third-order valence-corrected chi connectivity index (χ3v) is 5.75. The van der Waals surface area contributed by atoms with Gasteiger partial charge in [-0.05, 0) is 18.2 Å². The van der Waals surface area contributed by atoms with Crippen molar-refractivity contribution in [2.45, 2.75) is 31.9 Å². The molecule has 2 aromatic rings. The van der Waals surface area contributed by atoms with E-state index in [4.69, 9.17) is 5.73 Å². The fraction of sp³-hybridized carbons (Fsp3) is 0.364. The summed E-state index contributed by atoms with van der Waals surface area (Å²) >= 11 is 0. The number of nitrogens with zero attached hydrogens (tertiary/aromatic N) is 4. The van der Waals surface area contributed by atoms with Gasteiger partial charge in [0.05, 0.1) is 11.4 Å². The molecule has 1 saturated heterocycles. The Bertz CT molecular complexity index is 1160. The van der Waals surface area contributed by atoms with E-state index in [0.717, 1.165) is 5.69 Å². The summed E-state index contributed by atoms with van der Waals surface area (Å²) in [5, 5.41) is 14.9. The predicted octanol–water partition coefficient (Wildman–Crippen LogP) is -0.179.